The molecule has 0 saturated heterocycles. The van der Waals surface area contributed by atoms with Gasteiger partial charge in [-0.15, -0.1) is 0 Å². The molecule has 8 nitrogen and oxygen atoms in total. The highest BCUT2D eigenvalue weighted by Gasteiger charge is 2.27. The second-order valence-corrected chi connectivity index (χ2v) is 4.72. The first-order valence-corrected chi connectivity index (χ1v) is 6.13. The quantitative estimate of drug-likeness (QED) is 0.608. The number of aromatic amines is 2. The molecule has 1 aromatic carbocycles. The highest BCUT2D eigenvalue weighted by molar-refractivity contribution is 5.99. The van der Waals surface area contributed by atoms with Crippen LogP contribution in [0.1, 0.15) is 10.4 Å². The third kappa shape index (κ3) is 1.97. The van der Waals surface area contributed by atoms with E-state index < -0.39 is 11.1 Å². The van der Waals surface area contributed by atoms with Crippen LogP contribution in [0.15, 0.2) is 27.8 Å². The van der Waals surface area contributed by atoms with E-state index in [1.807, 2.05) is 0 Å². The van der Waals surface area contributed by atoms with Crippen molar-refractivity contribution in [2.45, 2.75) is 0 Å². The van der Waals surface area contributed by atoms with Gasteiger partial charge in [0.15, 0.2) is 11.4 Å². The molecule has 1 amide bonds. The average Bonchev–Trinajstić information content (AvgIpc) is 2.48. The van der Waals surface area contributed by atoms with Gasteiger partial charge in [-0.2, -0.15) is 0 Å². The highest BCUT2D eigenvalue weighted by Crippen LogP contribution is 2.40. The number of aromatic nitrogens is 2. The molecule has 1 aliphatic rings. The number of para-hydroxylation sites is 1. The van der Waals surface area contributed by atoms with Crippen LogP contribution in [0.4, 0.5) is 11.4 Å². The van der Waals surface area contributed by atoms with Gasteiger partial charge < -0.3 is 15.0 Å². The molecule has 0 bridgehead atoms. The highest BCUT2D eigenvalue weighted by atomic mass is 16.5. The first kappa shape index (κ1) is 13.0. The molecule has 1 aliphatic heterocycles. The van der Waals surface area contributed by atoms with Crippen LogP contribution in [0, 0.1) is 0 Å². The van der Waals surface area contributed by atoms with Gasteiger partial charge in [-0.25, -0.2) is 0 Å². The predicted octanol–water partition coefficient (Wildman–Crippen LogP) is 0.614. The van der Waals surface area contributed by atoms with E-state index in [-0.39, 0.29) is 23.1 Å². The van der Waals surface area contributed by atoms with Gasteiger partial charge in [0.05, 0.1) is 11.3 Å². The van der Waals surface area contributed by atoms with E-state index >= 15 is 0 Å². The minimum Gasteiger partial charge on any atom is -0.446 e. The van der Waals surface area contributed by atoms with Gasteiger partial charge in [-0.05, 0) is 12.1 Å². The number of rotatable bonds is 1. The summed E-state index contributed by atoms with van der Waals surface area (Å²) in [7, 11) is 3.23. The predicted molar refractivity (Wildman–Crippen MR) is 75.5 cm³/mol. The second-order valence-electron chi connectivity index (χ2n) is 4.72. The SMILES string of the molecule is CN(C)C(=O)c1cccc2c1Oc1c(c(=O)[nH][nH]c1=O)N2. The second kappa shape index (κ2) is 4.51. The minimum absolute atomic E-state index is 0.0145. The number of amides is 1. The zero-order valence-electron chi connectivity index (χ0n) is 11.3. The lowest BCUT2D eigenvalue weighted by molar-refractivity contribution is 0.0825. The molecule has 3 N–H and O–H groups in total. The van der Waals surface area contributed by atoms with E-state index in [1.165, 1.54) is 4.90 Å². The molecule has 1 aromatic heterocycles. The number of H-pyrrole nitrogens is 2. The lowest BCUT2D eigenvalue weighted by atomic mass is 10.1. The average molecular weight is 288 g/mol. The smallest absolute Gasteiger partial charge is 0.307 e. The number of nitrogens with one attached hydrogen (secondary N) is 3. The van der Waals surface area contributed by atoms with Crippen LogP contribution in [0.25, 0.3) is 0 Å². The zero-order chi connectivity index (χ0) is 15.1. The molecular formula is C13H12N4O4. The van der Waals surface area contributed by atoms with Crippen LogP contribution >= 0.6 is 0 Å². The van der Waals surface area contributed by atoms with Gasteiger partial charge in [-0.1, -0.05) is 6.07 Å². The first-order valence-electron chi connectivity index (χ1n) is 6.13. The summed E-state index contributed by atoms with van der Waals surface area (Å²) in [5.41, 5.74) is -0.336. The van der Waals surface area contributed by atoms with E-state index in [0.29, 0.717) is 11.3 Å². The van der Waals surface area contributed by atoms with Crippen molar-refractivity contribution in [3.8, 4) is 11.5 Å². The molecule has 0 fully saturated rings. The van der Waals surface area contributed by atoms with Gasteiger partial charge >= 0.3 is 5.56 Å². The maximum Gasteiger partial charge on any atom is 0.307 e. The zero-order valence-corrected chi connectivity index (χ0v) is 11.3. The number of hydrogen-bond acceptors (Lipinski definition) is 5. The van der Waals surface area contributed by atoms with Crippen molar-refractivity contribution in [2.24, 2.45) is 0 Å². The van der Waals surface area contributed by atoms with Crippen molar-refractivity contribution in [1.82, 2.24) is 15.1 Å². The summed E-state index contributed by atoms with van der Waals surface area (Å²) < 4.78 is 5.52. The summed E-state index contributed by atoms with van der Waals surface area (Å²) in [4.78, 5) is 37.0. The van der Waals surface area contributed by atoms with Crippen molar-refractivity contribution in [3.05, 3.63) is 44.5 Å². The molecule has 21 heavy (non-hydrogen) atoms. The summed E-state index contributed by atoms with van der Waals surface area (Å²) >= 11 is 0. The summed E-state index contributed by atoms with van der Waals surface area (Å²) in [5, 5.41) is 7.20. The Hall–Kier alpha value is -3.03. The van der Waals surface area contributed by atoms with Crippen LogP contribution in [0.2, 0.25) is 0 Å². The van der Waals surface area contributed by atoms with Crippen LogP contribution < -0.4 is 21.2 Å². The van der Waals surface area contributed by atoms with E-state index in [4.69, 9.17) is 4.74 Å². The van der Waals surface area contributed by atoms with Crippen molar-refractivity contribution in [1.29, 1.82) is 0 Å². The molecule has 0 spiro atoms. The third-order valence-corrected chi connectivity index (χ3v) is 3.07. The lowest BCUT2D eigenvalue weighted by Gasteiger charge is -2.22. The Balaban J connectivity index is 2.19. The fraction of sp³-hybridized carbons (Fsp3) is 0.154. The largest absolute Gasteiger partial charge is 0.446 e. The van der Waals surface area contributed by atoms with Gasteiger partial charge in [0.1, 0.15) is 0 Å². The molecule has 2 heterocycles. The van der Waals surface area contributed by atoms with Crippen LogP contribution in [-0.4, -0.2) is 35.1 Å². The Kier molecular flexibility index (Phi) is 2.79. The summed E-state index contributed by atoms with van der Waals surface area (Å²) in [6.07, 6.45) is 0. The lowest BCUT2D eigenvalue weighted by Crippen LogP contribution is -2.27. The van der Waals surface area contributed by atoms with E-state index in [9.17, 15) is 14.4 Å². The van der Waals surface area contributed by atoms with Crippen LogP contribution in [0.5, 0.6) is 11.5 Å². The van der Waals surface area contributed by atoms with Gasteiger partial charge in [-0.3, -0.25) is 24.6 Å². The molecule has 8 heteroatoms. The summed E-state index contributed by atoms with van der Waals surface area (Å²) in [5.74, 6) is -0.205. The van der Waals surface area contributed by atoms with Crippen molar-refractivity contribution in [2.75, 3.05) is 19.4 Å². The normalized spacial score (nSPS) is 11.7. The van der Waals surface area contributed by atoms with Crippen molar-refractivity contribution < 1.29 is 9.53 Å². The van der Waals surface area contributed by atoms with Crippen LogP contribution in [-0.2, 0) is 0 Å². The van der Waals surface area contributed by atoms with E-state index in [0.717, 1.165) is 0 Å². The minimum atomic E-state index is -0.588. The Bertz CT molecular complexity index is 850. The number of anilines is 2. The summed E-state index contributed by atoms with van der Waals surface area (Å²) in [6, 6.07) is 4.92. The number of hydrogen-bond donors (Lipinski definition) is 3. The molecule has 108 valence electrons. The van der Waals surface area contributed by atoms with E-state index in [1.54, 1.807) is 32.3 Å². The summed E-state index contributed by atoms with van der Waals surface area (Å²) in [6.45, 7) is 0. The molecule has 0 aliphatic carbocycles. The molecule has 3 rings (SSSR count). The maximum atomic E-state index is 12.1. The molecule has 2 aromatic rings. The first-order chi connectivity index (χ1) is 9.99. The van der Waals surface area contributed by atoms with Gasteiger partial charge in [0.2, 0.25) is 5.75 Å². The molecule has 0 unspecified atom stereocenters. The number of carbonyl (C=O) groups is 1. The molecule has 0 radical (unpaired) electrons. The Morgan fingerprint density at radius 2 is 1.81 bits per heavy atom. The van der Waals surface area contributed by atoms with E-state index in [2.05, 4.69) is 15.5 Å². The maximum absolute atomic E-state index is 12.1. The Labute approximate surface area is 118 Å². The molecular weight excluding hydrogens is 276 g/mol. The molecule has 0 atom stereocenters. The van der Waals surface area contributed by atoms with Crippen molar-refractivity contribution in [3.63, 3.8) is 0 Å². The monoisotopic (exact) mass is 288 g/mol. The third-order valence-electron chi connectivity index (χ3n) is 3.07. The fourth-order valence-electron chi connectivity index (χ4n) is 2.05. The Morgan fingerprint density at radius 1 is 1.10 bits per heavy atom. The fourth-order valence-corrected chi connectivity index (χ4v) is 2.05. The number of fused-ring (bicyclic) bond motifs is 2. The molecule has 0 saturated carbocycles. The van der Waals surface area contributed by atoms with Crippen molar-refractivity contribution >= 4 is 17.3 Å². The number of ether oxygens (including phenoxy) is 1. The van der Waals surface area contributed by atoms with Gasteiger partial charge in [0.25, 0.3) is 11.5 Å². The van der Waals surface area contributed by atoms with Gasteiger partial charge in [0, 0.05) is 14.1 Å². The standard InChI is InChI=1S/C13H12N4O4/c1-17(2)13(20)6-4-3-5-7-9(6)21-10-8(14-7)11(18)15-16-12(10)19/h3-5,14H,1-2H3,(H,15,18)(H,16,19). The topological polar surface area (TPSA) is 107 Å². The number of carbonyl (C=O) groups excluding carboxylic acids is 1. The van der Waals surface area contributed by atoms with Crippen LogP contribution in [0.3, 0.4) is 0 Å². The number of nitrogens with zero attached hydrogens (tertiary/aromatic N) is 1. The Morgan fingerprint density at radius 3 is 2.52 bits per heavy atom. The number of benzene rings is 1.